The van der Waals surface area contributed by atoms with E-state index in [1.807, 2.05) is 0 Å². The van der Waals surface area contributed by atoms with Crippen molar-refractivity contribution in [1.29, 1.82) is 0 Å². The molecule has 0 atom stereocenters. The van der Waals surface area contributed by atoms with Gasteiger partial charge in [0.1, 0.15) is 17.0 Å². The second-order valence-electron chi connectivity index (χ2n) is 6.02. The van der Waals surface area contributed by atoms with Crippen LogP contribution >= 0.6 is 0 Å². The molecule has 0 saturated heterocycles. The Morgan fingerprint density at radius 2 is 1.68 bits per heavy atom. The third kappa shape index (κ3) is 3.13. The molecule has 0 N–H and O–H groups in total. The van der Waals surface area contributed by atoms with Crippen molar-refractivity contribution < 1.29 is 17.6 Å². The topological polar surface area (TPSA) is 47.8 Å². The molecule has 2 heterocycles. The van der Waals surface area contributed by atoms with E-state index in [9.17, 15) is 22.4 Å². The van der Waals surface area contributed by atoms with Crippen molar-refractivity contribution in [3.63, 3.8) is 0 Å². The van der Waals surface area contributed by atoms with Crippen LogP contribution in [0.3, 0.4) is 0 Å². The molecule has 0 aliphatic rings. The van der Waals surface area contributed by atoms with Crippen molar-refractivity contribution in [3.8, 4) is 16.9 Å². The molecule has 2 aromatic heterocycles. The minimum absolute atomic E-state index is 0.116. The molecule has 0 aliphatic heterocycles. The maximum atomic E-state index is 13.2. The largest absolute Gasteiger partial charge is 0.416 e. The molecule has 0 spiro atoms. The SMILES string of the molecule is O=c1c2cccnc2c(-c2cccc(C(F)(F)F)c2)nn1-c1ccc(F)cc1. The fourth-order valence-corrected chi connectivity index (χ4v) is 2.87. The minimum Gasteiger partial charge on any atom is -0.267 e. The van der Waals surface area contributed by atoms with Gasteiger partial charge in [0.25, 0.3) is 5.56 Å². The van der Waals surface area contributed by atoms with E-state index in [0.717, 1.165) is 16.8 Å². The molecule has 0 unspecified atom stereocenters. The highest BCUT2D eigenvalue weighted by Crippen LogP contribution is 2.33. The predicted octanol–water partition coefficient (Wildman–Crippen LogP) is 4.61. The van der Waals surface area contributed by atoms with E-state index in [4.69, 9.17) is 0 Å². The average molecular weight is 385 g/mol. The van der Waals surface area contributed by atoms with Gasteiger partial charge in [-0.05, 0) is 48.5 Å². The van der Waals surface area contributed by atoms with Crippen molar-refractivity contribution >= 4 is 10.9 Å². The highest BCUT2D eigenvalue weighted by molar-refractivity contribution is 5.90. The fourth-order valence-electron chi connectivity index (χ4n) is 2.87. The van der Waals surface area contributed by atoms with E-state index in [-0.39, 0.29) is 27.8 Å². The second-order valence-corrected chi connectivity index (χ2v) is 6.02. The standard InChI is InChI=1S/C20H11F4N3O/c21-14-6-8-15(9-7-14)27-19(28)16-5-2-10-25-18(16)17(26-27)12-3-1-4-13(11-12)20(22,23)24/h1-11H. The smallest absolute Gasteiger partial charge is 0.267 e. The van der Waals surface area contributed by atoms with Crippen LogP contribution in [0.1, 0.15) is 5.56 Å². The van der Waals surface area contributed by atoms with Crippen molar-refractivity contribution in [3.05, 3.63) is 88.6 Å². The number of hydrogen-bond donors (Lipinski definition) is 0. The van der Waals surface area contributed by atoms with Crippen LogP contribution in [0.15, 0.2) is 71.7 Å². The molecular weight excluding hydrogens is 374 g/mol. The Morgan fingerprint density at radius 3 is 2.39 bits per heavy atom. The summed E-state index contributed by atoms with van der Waals surface area (Å²) in [5.74, 6) is -0.489. The van der Waals surface area contributed by atoms with Crippen LogP contribution in [0.4, 0.5) is 17.6 Å². The summed E-state index contributed by atoms with van der Waals surface area (Å²) in [6.45, 7) is 0. The minimum atomic E-state index is -4.52. The van der Waals surface area contributed by atoms with Crippen molar-refractivity contribution in [2.24, 2.45) is 0 Å². The summed E-state index contributed by atoms with van der Waals surface area (Å²) in [5, 5.41) is 4.43. The first-order chi connectivity index (χ1) is 13.3. The molecule has 8 heteroatoms. The summed E-state index contributed by atoms with van der Waals surface area (Å²) in [5.41, 5.74) is -0.601. The van der Waals surface area contributed by atoms with Gasteiger partial charge >= 0.3 is 6.18 Å². The first-order valence-corrected chi connectivity index (χ1v) is 8.16. The molecule has 0 fully saturated rings. The first-order valence-electron chi connectivity index (χ1n) is 8.16. The van der Waals surface area contributed by atoms with Gasteiger partial charge in [-0.15, -0.1) is 0 Å². The molecule has 4 aromatic rings. The molecule has 0 aliphatic carbocycles. The molecule has 0 radical (unpaired) electrons. The summed E-state index contributed by atoms with van der Waals surface area (Å²) >= 11 is 0. The Bertz CT molecular complexity index is 1230. The Kier molecular flexibility index (Phi) is 4.18. The molecular formula is C20H11F4N3O. The number of halogens is 4. The van der Waals surface area contributed by atoms with Gasteiger partial charge in [-0.2, -0.15) is 23.0 Å². The zero-order valence-electron chi connectivity index (χ0n) is 14.1. The van der Waals surface area contributed by atoms with Gasteiger partial charge in [-0.3, -0.25) is 9.78 Å². The number of fused-ring (bicyclic) bond motifs is 1. The summed E-state index contributed by atoms with van der Waals surface area (Å²) in [6, 6.07) is 12.8. The summed E-state index contributed by atoms with van der Waals surface area (Å²) in [4.78, 5) is 17.0. The zero-order valence-corrected chi connectivity index (χ0v) is 14.1. The molecule has 4 nitrogen and oxygen atoms in total. The average Bonchev–Trinajstić information content (AvgIpc) is 2.69. The summed E-state index contributed by atoms with van der Waals surface area (Å²) in [7, 11) is 0. The third-order valence-electron chi connectivity index (χ3n) is 4.19. The third-order valence-corrected chi connectivity index (χ3v) is 4.19. The summed E-state index contributed by atoms with van der Waals surface area (Å²) in [6.07, 6.45) is -3.09. The van der Waals surface area contributed by atoms with Crippen LogP contribution in [0, 0.1) is 5.82 Å². The van der Waals surface area contributed by atoms with Crippen LogP contribution in [0.5, 0.6) is 0 Å². The van der Waals surface area contributed by atoms with Gasteiger partial charge in [0.2, 0.25) is 0 Å². The van der Waals surface area contributed by atoms with Crippen molar-refractivity contribution in [1.82, 2.24) is 14.8 Å². The maximum absolute atomic E-state index is 13.2. The van der Waals surface area contributed by atoms with Crippen LogP contribution in [-0.4, -0.2) is 14.8 Å². The number of aromatic nitrogens is 3. The van der Waals surface area contributed by atoms with Gasteiger partial charge in [0.15, 0.2) is 0 Å². The van der Waals surface area contributed by atoms with Gasteiger partial charge in [-0.1, -0.05) is 12.1 Å². The van der Waals surface area contributed by atoms with E-state index >= 15 is 0 Å². The normalized spacial score (nSPS) is 11.7. The Labute approximate surface area is 155 Å². The predicted molar refractivity (Wildman–Crippen MR) is 95.5 cm³/mol. The van der Waals surface area contributed by atoms with Crippen LogP contribution in [0.2, 0.25) is 0 Å². The molecule has 4 rings (SSSR count). The van der Waals surface area contributed by atoms with E-state index < -0.39 is 23.1 Å². The molecule has 2 aromatic carbocycles. The van der Waals surface area contributed by atoms with Crippen LogP contribution in [0.25, 0.3) is 27.8 Å². The lowest BCUT2D eigenvalue weighted by Gasteiger charge is -2.12. The Morgan fingerprint density at radius 1 is 0.929 bits per heavy atom. The molecule has 28 heavy (non-hydrogen) atoms. The molecule has 140 valence electrons. The van der Waals surface area contributed by atoms with Crippen LogP contribution in [-0.2, 0) is 6.18 Å². The Hall–Kier alpha value is -3.55. The number of rotatable bonds is 2. The highest BCUT2D eigenvalue weighted by atomic mass is 19.4. The van der Waals surface area contributed by atoms with E-state index in [1.54, 1.807) is 6.07 Å². The van der Waals surface area contributed by atoms with Gasteiger partial charge in [0, 0.05) is 11.8 Å². The van der Waals surface area contributed by atoms with Gasteiger partial charge in [-0.25, -0.2) is 4.39 Å². The first kappa shape index (κ1) is 17.8. The molecule has 0 bridgehead atoms. The summed E-state index contributed by atoms with van der Waals surface area (Å²) < 4.78 is 53.6. The number of alkyl halides is 3. The fraction of sp³-hybridized carbons (Fsp3) is 0.0500. The zero-order chi connectivity index (χ0) is 19.9. The Balaban J connectivity index is 2.02. The van der Waals surface area contributed by atoms with Crippen LogP contribution < -0.4 is 5.56 Å². The number of nitrogens with zero attached hydrogens (tertiary/aromatic N) is 3. The lowest BCUT2D eigenvalue weighted by Crippen LogP contribution is -2.22. The van der Waals surface area contributed by atoms with Gasteiger partial charge < -0.3 is 0 Å². The number of benzene rings is 2. The van der Waals surface area contributed by atoms with E-state index in [2.05, 4.69) is 10.1 Å². The quantitative estimate of drug-likeness (QED) is 0.474. The lowest BCUT2D eigenvalue weighted by atomic mass is 10.1. The number of pyridine rings is 1. The monoisotopic (exact) mass is 385 g/mol. The molecule has 0 saturated carbocycles. The second kappa shape index (κ2) is 6.56. The van der Waals surface area contributed by atoms with Gasteiger partial charge in [0.05, 0.1) is 16.6 Å². The molecule has 0 amide bonds. The highest BCUT2D eigenvalue weighted by Gasteiger charge is 2.30. The van der Waals surface area contributed by atoms with E-state index in [1.165, 1.54) is 48.7 Å². The maximum Gasteiger partial charge on any atom is 0.416 e. The number of hydrogen-bond acceptors (Lipinski definition) is 3. The van der Waals surface area contributed by atoms with E-state index in [0.29, 0.717) is 0 Å². The van der Waals surface area contributed by atoms with Crippen molar-refractivity contribution in [2.45, 2.75) is 6.18 Å². The van der Waals surface area contributed by atoms with Crippen molar-refractivity contribution in [2.75, 3.05) is 0 Å². The lowest BCUT2D eigenvalue weighted by molar-refractivity contribution is -0.137.